The fraction of sp³-hybridized carbons (Fsp3) is 0.115. The zero-order valence-corrected chi connectivity index (χ0v) is 18.2. The molecule has 2 N–H and O–H groups in total. The van der Waals surface area contributed by atoms with Crippen molar-refractivity contribution in [2.45, 2.75) is 12.7 Å². The van der Waals surface area contributed by atoms with Crippen LogP contribution in [-0.4, -0.2) is 33.8 Å². The number of hydrogen-bond donors (Lipinski definition) is 1. The fourth-order valence-electron chi connectivity index (χ4n) is 3.74. The maximum absolute atomic E-state index is 12.9. The lowest BCUT2D eigenvalue weighted by molar-refractivity contribution is -0.125. The van der Waals surface area contributed by atoms with Crippen LogP contribution >= 0.6 is 0 Å². The van der Waals surface area contributed by atoms with E-state index in [9.17, 15) is 9.59 Å². The van der Waals surface area contributed by atoms with E-state index in [-0.39, 0.29) is 12.5 Å². The molecule has 8 heteroatoms. The van der Waals surface area contributed by atoms with Crippen LogP contribution in [0.5, 0.6) is 11.5 Å². The Labute approximate surface area is 195 Å². The summed E-state index contributed by atoms with van der Waals surface area (Å²) in [6, 6.07) is 20.3. The van der Waals surface area contributed by atoms with Crippen molar-refractivity contribution in [1.82, 2.24) is 9.38 Å². The quantitative estimate of drug-likeness (QED) is 0.451. The first-order valence-electron chi connectivity index (χ1n) is 10.8. The maximum atomic E-state index is 12.9. The minimum absolute atomic E-state index is 0.0609. The minimum Gasteiger partial charge on any atom is -0.487 e. The Morgan fingerprint density at radius 3 is 2.68 bits per heavy atom. The standard InChI is InChI=1S/C26H22N4O4/c27-26(32)23-16-30(21-5-1-2-6-22(21)34-23)25(31)13-10-18-8-11-20(12-9-18)33-17-19-15-29-14-4-3-7-24(29)28-19/h1-15,23H,16-17H2,(H2,27,32). The molecule has 2 amide bonds. The lowest BCUT2D eigenvalue weighted by atomic mass is 10.1. The predicted octanol–water partition coefficient (Wildman–Crippen LogP) is 3.21. The number of aromatic nitrogens is 2. The first-order valence-corrected chi connectivity index (χ1v) is 10.8. The van der Waals surface area contributed by atoms with Gasteiger partial charge < -0.3 is 24.5 Å². The summed E-state index contributed by atoms with van der Waals surface area (Å²) in [5, 5.41) is 0. The zero-order chi connectivity index (χ0) is 23.5. The number of nitrogens with zero attached hydrogens (tertiary/aromatic N) is 3. The highest BCUT2D eigenvalue weighted by molar-refractivity contribution is 6.05. The van der Waals surface area contributed by atoms with Crippen molar-refractivity contribution in [3.05, 3.63) is 96.5 Å². The van der Waals surface area contributed by atoms with E-state index in [1.165, 1.54) is 11.0 Å². The highest BCUT2D eigenvalue weighted by Crippen LogP contribution is 2.33. The van der Waals surface area contributed by atoms with Crippen molar-refractivity contribution in [2.75, 3.05) is 11.4 Å². The van der Waals surface area contributed by atoms with Gasteiger partial charge in [-0.15, -0.1) is 0 Å². The summed E-state index contributed by atoms with van der Waals surface area (Å²) >= 11 is 0. The van der Waals surface area contributed by atoms with Crippen LogP contribution in [0.4, 0.5) is 5.69 Å². The summed E-state index contributed by atoms with van der Waals surface area (Å²) in [5.41, 5.74) is 8.55. The monoisotopic (exact) mass is 454 g/mol. The van der Waals surface area contributed by atoms with Gasteiger partial charge >= 0.3 is 0 Å². The van der Waals surface area contributed by atoms with E-state index in [4.69, 9.17) is 15.2 Å². The lowest BCUT2D eigenvalue weighted by Crippen LogP contribution is -2.49. The molecule has 4 aromatic rings. The second-order valence-corrected chi connectivity index (χ2v) is 7.81. The summed E-state index contributed by atoms with van der Waals surface area (Å²) < 4.78 is 13.4. The molecule has 0 aliphatic carbocycles. The first-order chi connectivity index (χ1) is 16.6. The lowest BCUT2D eigenvalue weighted by Gasteiger charge is -2.32. The number of para-hydroxylation sites is 2. The molecule has 0 bridgehead atoms. The van der Waals surface area contributed by atoms with Crippen LogP contribution in [0.2, 0.25) is 0 Å². The van der Waals surface area contributed by atoms with Gasteiger partial charge in [0, 0.05) is 18.5 Å². The third-order valence-corrected chi connectivity index (χ3v) is 5.46. The third-order valence-electron chi connectivity index (χ3n) is 5.46. The number of fused-ring (bicyclic) bond motifs is 2. The molecule has 1 aliphatic heterocycles. The maximum Gasteiger partial charge on any atom is 0.260 e. The number of benzene rings is 2. The zero-order valence-electron chi connectivity index (χ0n) is 18.2. The van der Waals surface area contributed by atoms with Crippen molar-refractivity contribution in [3.63, 3.8) is 0 Å². The number of amides is 2. The third kappa shape index (κ3) is 4.47. The van der Waals surface area contributed by atoms with Gasteiger partial charge in [-0.2, -0.15) is 0 Å². The number of primary amides is 1. The summed E-state index contributed by atoms with van der Waals surface area (Å²) in [5.74, 6) is 0.267. The second kappa shape index (κ2) is 9.11. The van der Waals surface area contributed by atoms with Gasteiger partial charge in [-0.3, -0.25) is 9.59 Å². The van der Waals surface area contributed by atoms with Crippen LogP contribution in [0.3, 0.4) is 0 Å². The van der Waals surface area contributed by atoms with E-state index >= 15 is 0 Å². The molecule has 1 aliphatic rings. The van der Waals surface area contributed by atoms with Crippen molar-refractivity contribution >= 4 is 29.2 Å². The van der Waals surface area contributed by atoms with Crippen LogP contribution in [0.15, 0.2) is 85.2 Å². The van der Waals surface area contributed by atoms with Gasteiger partial charge in [0.05, 0.1) is 17.9 Å². The Kier molecular flexibility index (Phi) is 5.70. The van der Waals surface area contributed by atoms with Crippen LogP contribution in [-0.2, 0) is 16.2 Å². The Bertz CT molecular complexity index is 1340. The molecule has 2 aromatic heterocycles. The molecule has 0 saturated heterocycles. The van der Waals surface area contributed by atoms with Crippen LogP contribution in [0.25, 0.3) is 11.7 Å². The molecule has 0 fully saturated rings. The second-order valence-electron chi connectivity index (χ2n) is 7.81. The Morgan fingerprint density at radius 1 is 1.09 bits per heavy atom. The molecule has 1 atom stereocenters. The number of carbonyl (C=O) groups excluding carboxylic acids is 2. The number of hydrogen-bond acceptors (Lipinski definition) is 5. The van der Waals surface area contributed by atoms with E-state index in [0.29, 0.717) is 23.8 Å². The summed E-state index contributed by atoms with van der Waals surface area (Å²) in [6.45, 7) is 0.415. The number of imidazole rings is 1. The molecule has 8 nitrogen and oxygen atoms in total. The van der Waals surface area contributed by atoms with E-state index in [2.05, 4.69) is 4.98 Å². The molecular formula is C26H22N4O4. The number of rotatable bonds is 6. The molecule has 1 unspecified atom stereocenters. The van der Waals surface area contributed by atoms with Crippen molar-refractivity contribution < 1.29 is 19.1 Å². The number of ether oxygens (including phenoxy) is 2. The van der Waals surface area contributed by atoms with Gasteiger partial charge in [0.2, 0.25) is 0 Å². The molecular weight excluding hydrogens is 432 g/mol. The summed E-state index contributed by atoms with van der Waals surface area (Å²) in [7, 11) is 0. The van der Waals surface area contributed by atoms with Gasteiger partial charge in [-0.1, -0.05) is 30.3 Å². The molecule has 0 radical (unpaired) electrons. The number of nitrogens with two attached hydrogens (primary N) is 1. The van der Waals surface area contributed by atoms with Crippen molar-refractivity contribution in [1.29, 1.82) is 0 Å². The smallest absolute Gasteiger partial charge is 0.260 e. The van der Waals surface area contributed by atoms with Gasteiger partial charge in [0.25, 0.3) is 11.8 Å². The molecule has 0 spiro atoms. The molecule has 170 valence electrons. The molecule has 34 heavy (non-hydrogen) atoms. The Hall–Kier alpha value is -4.59. The number of anilines is 1. The molecule has 5 rings (SSSR count). The van der Waals surface area contributed by atoms with Gasteiger partial charge in [0.1, 0.15) is 23.8 Å². The van der Waals surface area contributed by atoms with Crippen LogP contribution in [0.1, 0.15) is 11.3 Å². The van der Waals surface area contributed by atoms with E-state index in [1.54, 1.807) is 24.3 Å². The fourth-order valence-corrected chi connectivity index (χ4v) is 3.74. The normalized spacial score (nSPS) is 15.2. The average molecular weight is 454 g/mol. The molecule has 2 aromatic carbocycles. The topological polar surface area (TPSA) is 99.2 Å². The van der Waals surface area contributed by atoms with Crippen LogP contribution < -0.4 is 20.1 Å². The minimum atomic E-state index is -0.892. The molecule has 3 heterocycles. The summed E-state index contributed by atoms with van der Waals surface area (Å²) in [6.07, 6.45) is 6.16. The Morgan fingerprint density at radius 2 is 1.88 bits per heavy atom. The van der Waals surface area contributed by atoms with Gasteiger partial charge in [0.15, 0.2) is 6.10 Å². The SMILES string of the molecule is NC(=O)C1CN(C(=O)C=Cc2ccc(OCc3cn4ccccc4n3)cc2)c2ccccc2O1. The van der Waals surface area contributed by atoms with Gasteiger partial charge in [-0.25, -0.2) is 4.98 Å². The van der Waals surface area contributed by atoms with E-state index in [0.717, 1.165) is 16.9 Å². The number of pyridine rings is 1. The Balaban J connectivity index is 1.23. The van der Waals surface area contributed by atoms with Gasteiger partial charge in [-0.05, 0) is 48.0 Å². The van der Waals surface area contributed by atoms with E-state index in [1.807, 2.05) is 65.3 Å². The van der Waals surface area contributed by atoms with Crippen molar-refractivity contribution in [3.8, 4) is 11.5 Å². The predicted molar refractivity (Wildman–Crippen MR) is 127 cm³/mol. The van der Waals surface area contributed by atoms with Crippen LogP contribution in [0, 0.1) is 0 Å². The van der Waals surface area contributed by atoms with E-state index < -0.39 is 12.0 Å². The highest BCUT2D eigenvalue weighted by Gasteiger charge is 2.31. The number of carbonyl (C=O) groups is 2. The largest absolute Gasteiger partial charge is 0.487 e. The average Bonchev–Trinajstić information content (AvgIpc) is 3.29. The molecule has 0 saturated carbocycles. The highest BCUT2D eigenvalue weighted by atomic mass is 16.5. The summed E-state index contributed by atoms with van der Waals surface area (Å²) in [4.78, 5) is 30.6. The first kappa shape index (κ1) is 21.3. The van der Waals surface area contributed by atoms with Crippen molar-refractivity contribution in [2.24, 2.45) is 5.73 Å².